The smallest absolute Gasteiger partial charge is 0.316 e. The van der Waals surface area contributed by atoms with Crippen molar-refractivity contribution in [1.82, 2.24) is 0 Å². The summed E-state index contributed by atoms with van der Waals surface area (Å²) in [5.74, 6) is -2.52. The highest BCUT2D eigenvalue weighted by Gasteiger charge is 2.67. The van der Waals surface area contributed by atoms with Crippen molar-refractivity contribution in [2.45, 2.75) is 129 Å². The first-order valence-electron chi connectivity index (χ1n) is 16.8. The van der Waals surface area contributed by atoms with E-state index in [9.17, 15) is 20.2 Å². The number of aliphatic hydroxyl groups is 2. The molecule has 9 nitrogen and oxygen atoms in total. The second-order valence-electron chi connectivity index (χ2n) is 14.9. The van der Waals surface area contributed by atoms with Gasteiger partial charge in [0, 0.05) is 25.2 Å². The van der Waals surface area contributed by atoms with Gasteiger partial charge in [-0.05, 0) is 69.1 Å². The molecule has 9 heteroatoms. The highest BCUT2D eigenvalue weighted by molar-refractivity contribution is 5.88. The first-order valence-corrected chi connectivity index (χ1v) is 16.8. The number of nitrogens with zero attached hydrogens (tertiary/aromatic N) is 1. The summed E-state index contributed by atoms with van der Waals surface area (Å²) < 4.78 is 26.0. The Morgan fingerprint density at radius 3 is 2.61 bits per heavy atom. The average molecular weight is 640 g/mol. The van der Waals surface area contributed by atoms with Crippen LogP contribution in [-0.4, -0.2) is 75.1 Å². The van der Waals surface area contributed by atoms with E-state index in [0.29, 0.717) is 35.6 Å². The number of esters is 1. The van der Waals surface area contributed by atoms with Crippen LogP contribution >= 0.6 is 0 Å². The van der Waals surface area contributed by atoms with Crippen molar-refractivity contribution in [1.29, 1.82) is 0 Å². The number of rotatable bonds is 2. The fourth-order valence-corrected chi connectivity index (χ4v) is 8.24. The zero-order chi connectivity index (χ0) is 33.6. The van der Waals surface area contributed by atoms with Crippen molar-refractivity contribution in [2.24, 2.45) is 28.8 Å². The number of carbonyl (C=O) groups is 1. The Hall–Kier alpha value is -2.56. The van der Waals surface area contributed by atoms with Crippen LogP contribution in [0.5, 0.6) is 0 Å². The number of hydrogen-bond donors (Lipinski definition) is 3. The molecule has 0 aromatic rings. The summed E-state index contributed by atoms with van der Waals surface area (Å²) in [6.45, 7) is 16.0. The van der Waals surface area contributed by atoms with Crippen LogP contribution in [0.4, 0.5) is 0 Å². The van der Waals surface area contributed by atoms with E-state index in [1.165, 1.54) is 5.57 Å². The maximum atomic E-state index is 14.2. The highest BCUT2D eigenvalue weighted by atomic mass is 16.7. The molecule has 5 rings (SSSR count). The summed E-state index contributed by atoms with van der Waals surface area (Å²) in [5, 5.41) is 37.4. The number of ether oxygens (including phenoxy) is 4. The van der Waals surface area contributed by atoms with Gasteiger partial charge in [0.2, 0.25) is 0 Å². The summed E-state index contributed by atoms with van der Waals surface area (Å²) in [6, 6.07) is 0. The lowest BCUT2D eigenvalue weighted by Crippen LogP contribution is -2.65. The van der Waals surface area contributed by atoms with Gasteiger partial charge < -0.3 is 34.4 Å². The van der Waals surface area contributed by atoms with Crippen molar-refractivity contribution < 1.29 is 39.2 Å². The van der Waals surface area contributed by atoms with Gasteiger partial charge in [-0.25, -0.2) is 0 Å². The molecule has 0 amide bonds. The van der Waals surface area contributed by atoms with Gasteiger partial charge in [-0.1, -0.05) is 74.9 Å². The number of oxime groups is 1. The summed E-state index contributed by atoms with van der Waals surface area (Å²) in [4.78, 5) is 14.2. The molecule has 0 unspecified atom stereocenters. The Labute approximate surface area is 273 Å². The molecule has 1 aliphatic carbocycles. The molecule has 4 heterocycles. The summed E-state index contributed by atoms with van der Waals surface area (Å²) >= 11 is 0. The lowest BCUT2D eigenvalue weighted by Gasteiger charge is -2.50. The quantitative estimate of drug-likeness (QED) is 0.147. The van der Waals surface area contributed by atoms with Crippen molar-refractivity contribution in [3.05, 3.63) is 58.7 Å². The van der Waals surface area contributed by atoms with Crippen molar-refractivity contribution in [2.75, 3.05) is 6.61 Å². The molecule has 3 fully saturated rings. The lowest BCUT2D eigenvalue weighted by atomic mass is 9.64. The molecule has 0 radical (unpaired) electrons. The van der Waals surface area contributed by atoms with Gasteiger partial charge in [-0.2, -0.15) is 0 Å². The van der Waals surface area contributed by atoms with E-state index in [1.54, 1.807) is 19.9 Å². The Morgan fingerprint density at radius 1 is 1.17 bits per heavy atom. The monoisotopic (exact) mass is 639 g/mol. The SMILES string of the molecule is CC1=C[C@H]2C(=O)O[C@H]3C[C@@H](C/C=C(\C)C[C@@H](C)/C=C/C=C4\CO[C@](C)([C@@H]1O)[C@@]42O)O[C@@]1(C/C(=N\O)[C@H](C)[C@@H](/C(C)=C/C(C)C)O1)C3. The largest absolute Gasteiger partial charge is 0.462 e. The van der Waals surface area contributed by atoms with Crippen LogP contribution in [0.25, 0.3) is 0 Å². The predicted molar refractivity (Wildman–Crippen MR) is 175 cm³/mol. The summed E-state index contributed by atoms with van der Waals surface area (Å²) in [6.07, 6.45) is 11.7. The fourth-order valence-electron chi connectivity index (χ4n) is 8.24. The number of aliphatic hydroxyl groups excluding tert-OH is 1. The van der Waals surface area contributed by atoms with Crippen LogP contribution in [0.2, 0.25) is 0 Å². The Kier molecular flexibility index (Phi) is 9.94. The average Bonchev–Trinajstić information content (AvgIpc) is 3.25. The van der Waals surface area contributed by atoms with Gasteiger partial charge in [0.15, 0.2) is 5.79 Å². The number of fused-ring (bicyclic) bond motifs is 2. The zero-order valence-corrected chi connectivity index (χ0v) is 28.7. The van der Waals surface area contributed by atoms with Gasteiger partial charge in [-0.15, -0.1) is 0 Å². The zero-order valence-electron chi connectivity index (χ0n) is 28.7. The van der Waals surface area contributed by atoms with Gasteiger partial charge in [0.1, 0.15) is 29.3 Å². The van der Waals surface area contributed by atoms with Crippen molar-refractivity contribution in [3.8, 4) is 0 Å². The Balaban J connectivity index is 1.56. The fraction of sp³-hybridized carbons (Fsp3) is 0.676. The van der Waals surface area contributed by atoms with E-state index in [-0.39, 0.29) is 43.5 Å². The molecule has 3 N–H and O–H groups in total. The third-order valence-corrected chi connectivity index (χ3v) is 10.6. The van der Waals surface area contributed by atoms with E-state index < -0.39 is 41.1 Å². The van der Waals surface area contributed by atoms with Crippen LogP contribution < -0.4 is 0 Å². The van der Waals surface area contributed by atoms with Crippen LogP contribution in [0.15, 0.2) is 63.9 Å². The molecule has 1 spiro atoms. The molecule has 254 valence electrons. The third kappa shape index (κ3) is 6.33. The Bertz CT molecular complexity index is 1370. The van der Waals surface area contributed by atoms with Crippen LogP contribution in [0.1, 0.15) is 87.5 Å². The second-order valence-corrected chi connectivity index (χ2v) is 14.9. The number of carbonyl (C=O) groups excluding carboxylic acids is 1. The maximum absolute atomic E-state index is 14.2. The summed E-state index contributed by atoms with van der Waals surface area (Å²) in [5.41, 5.74) is 0.626. The number of hydrogen-bond acceptors (Lipinski definition) is 9. The minimum absolute atomic E-state index is 0.0784. The molecule has 3 saturated heterocycles. The molecular weight excluding hydrogens is 586 g/mol. The molecule has 2 bridgehead atoms. The first-order chi connectivity index (χ1) is 21.6. The van der Waals surface area contributed by atoms with Gasteiger partial charge >= 0.3 is 5.97 Å². The molecule has 10 atom stereocenters. The topological polar surface area (TPSA) is 127 Å². The molecule has 0 aromatic carbocycles. The van der Waals surface area contributed by atoms with E-state index in [0.717, 1.165) is 12.0 Å². The van der Waals surface area contributed by atoms with Gasteiger partial charge in [-0.3, -0.25) is 4.79 Å². The maximum Gasteiger partial charge on any atom is 0.316 e. The normalized spacial score (nSPS) is 46.2. The predicted octanol–water partition coefficient (Wildman–Crippen LogP) is 5.95. The van der Waals surface area contributed by atoms with Crippen LogP contribution in [0, 0.1) is 23.7 Å². The second kappa shape index (κ2) is 13.2. The van der Waals surface area contributed by atoms with E-state index in [1.807, 2.05) is 26.0 Å². The van der Waals surface area contributed by atoms with Crippen LogP contribution in [-0.2, 0) is 23.7 Å². The minimum atomic E-state index is -1.82. The molecule has 0 saturated carbocycles. The van der Waals surface area contributed by atoms with Gasteiger partial charge in [0.05, 0.1) is 24.5 Å². The first kappa shape index (κ1) is 34.8. The van der Waals surface area contributed by atoms with E-state index >= 15 is 0 Å². The van der Waals surface area contributed by atoms with E-state index in [4.69, 9.17) is 18.9 Å². The number of allylic oxidation sites excluding steroid dienone is 5. The molecular formula is C37H53NO8. The third-order valence-electron chi connectivity index (χ3n) is 10.6. The lowest BCUT2D eigenvalue weighted by molar-refractivity contribution is -0.313. The minimum Gasteiger partial charge on any atom is -0.462 e. The van der Waals surface area contributed by atoms with Crippen molar-refractivity contribution >= 4 is 11.7 Å². The molecule has 5 aliphatic rings. The van der Waals surface area contributed by atoms with Crippen molar-refractivity contribution in [3.63, 3.8) is 0 Å². The molecule has 4 aliphatic heterocycles. The summed E-state index contributed by atoms with van der Waals surface area (Å²) in [7, 11) is 0. The highest BCUT2D eigenvalue weighted by Crippen LogP contribution is 2.52. The Morgan fingerprint density at radius 2 is 1.91 bits per heavy atom. The standard InChI is InChI=1S/C37H53NO8/c1-21(2)14-24(5)32-26(7)31(38-42)19-36(46-32)18-29-17-28(45-36)13-12-23(4)15-22(3)10-9-11-27-20-43-35(8)33(39)25(6)16-30(34(40)44-29)37(27,35)41/h9-12,14,16,21-22,26,28-30,32-33,39,41-42H,13,15,17-20H2,1-8H3/b10-9+,23-12+,24-14+,27-11+,38-31+/t22-,26-,28+,29-,30-,32+,33+,35+,36-,37+/m0/s1. The van der Waals surface area contributed by atoms with Crippen LogP contribution in [0.3, 0.4) is 0 Å². The van der Waals surface area contributed by atoms with E-state index in [2.05, 4.69) is 51.1 Å². The van der Waals surface area contributed by atoms with Gasteiger partial charge in [0.25, 0.3) is 0 Å². The molecule has 46 heavy (non-hydrogen) atoms. The molecule has 0 aromatic heterocycles.